The van der Waals surface area contributed by atoms with E-state index in [1.807, 2.05) is 32.0 Å². The lowest BCUT2D eigenvalue weighted by Crippen LogP contribution is -2.47. The highest BCUT2D eigenvalue weighted by Gasteiger charge is 2.35. The third kappa shape index (κ3) is 4.81. The van der Waals surface area contributed by atoms with Gasteiger partial charge in [0.15, 0.2) is 0 Å². The summed E-state index contributed by atoms with van der Waals surface area (Å²) < 4.78 is 0. The summed E-state index contributed by atoms with van der Waals surface area (Å²) >= 11 is 0. The molecule has 0 aliphatic carbocycles. The first-order chi connectivity index (χ1) is 10.9. The van der Waals surface area contributed by atoms with Crippen LogP contribution in [0.4, 0.5) is 0 Å². The molecule has 0 spiro atoms. The van der Waals surface area contributed by atoms with E-state index >= 15 is 0 Å². The Morgan fingerprint density at radius 3 is 2.61 bits per heavy atom. The molecule has 2 rings (SSSR count). The smallest absolute Gasteiger partial charge is 0.308 e. The van der Waals surface area contributed by atoms with Gasteiger partial charge < -0.3 is 10.0 Å². The van der Waals surface area contributed by atoms with Crippen molar-refractivity contribution < 1.29 is 14.7 Å². The number of likely N-dealkylation sites (tertiary alicyclic amines) is 1. The van der Waals surface area contributed by atoms with Crippen molar-refractivity contribution in [2.45, 2.75) is 46.0 Å². The molecule has 126 valence electrons. The van der Waals surface area contributed by atoms with E-state index in [2.05, 4.69) is 12.1 Å². The molecular weight excluding hydrogens is 290 g/mol. The van der Waals surface area contributed by atoms with Crippen molar-refractivity contribution in [3.05, 3.63) is 35.9 Å². The highest BCUT2D eigenvalue weighted by molar-refractivity contribution is 5.82. The lowest BCUT2D eigenvalue weighted by Gasteiger charge is -2.36. The van der Waals surface area contributed by atoms with Crippen LogP contribution in [0.25, 0.3) is 0 Å². The van der Waals surface area contributed by atoms with Crippen LogP contribution in [0.2, 0.25) is 0 Å². The van der Waals surface area contributed by atoms with Gasteiger partial charge in [-0.05, 0) is 37.7 Å². The number of carbonyl (C=O) groups is 2. The van der Waals surface area contributed by atoms with Crippen LogP contribution in [-0.4, -0.2) is 35.0 Å². The number of hydrogen-bond donors (Lipinski definition) is 1. The van der Waals surface area contributed by atoms with Gasteiger partial charge in [0, 0.05) is 18.5 Å². The number of carboxylic acids is 1. The van der Waals surface area contributed by atoms with Gasteiger partial charge in [-0.1, -0.05) is 44.2 Å². The lowest BCUT2D eigenvalue weighted by atomic mass is 9.84. The lowest BCUT2D eigenvalue weighted by molar-refractivity contribution is -0.149. The topological polar surface area (TPSA) is 57.6 Å². The Balaban J connectivity index is 1.87. The van der Waals surface area contributed by atoms with Gasteiger partial charge in [-0.2, -0.15) is 0 Å². The Morgan fingerprint density at radius 2 is 1.96 bits per heavy atom. The van der Waals surface area contributed by atoms with E-state index in [4.69, 9.17) is 0 Å². The summed E-state index contributed by atoms with van der Waals surface area (Å²) in [5.41, 5.74) is 0.856. The number of piperidine rings is 1. The van der Waals surface area contributed by atoms with E-state index in [9.17, 15) is 14.7 Å². The molecule has 4 nitrogen and oxygen atoms in total. The summed E-state index contributed by atoms with van der Waals surface area (Å²) in [5, 5.41) is 9.17. The second-order valence-electron chi connectivity index (χ2n) is 7.15. The Labute approximate surface area is 138 Å². The van der Waals surface area contributed by atoms with Gasteiger partial charge in [0.2, 0.25) is 5.91 Å². The predicted molar refractivity (Wildman–Crippen MR) is 90.1 cm³/mol. The highest BCUT2D eigenvalue weighted by Crippen LogP contribution is 2.29. The third-order valence-electron chi connectivity index (χ3n) is 4.75. The number of benzene rings is 1. The average molecular weight is 317 g/mol. The number of carboxylic acid groups (broad SMARTS) is 1. The van der Waals surface area contributed by atoms with E-state index in [0.29, 0.717) is 19.5 Å². The Morgan fingerprint density at radius 1 is 1.26 bits per heavy atom. The largest absolute Gasteiger partial charge is 0.481 e. The normalized spacial score (nSPS) is 18.7. The van der Waals surface area contributed by atoms with Gasteiger partial charge in [-0.15, -0.1) is 0 Å². The van der Waals surface area contributed by atoms with Gasteiger partial charge in [0.1, 0.15) is 0 Å². The number of aliphatic carboxylic acids is 1. The van der Waals surface area contributed by atoms with Crippen LogP contribution >= 0.6 is 0 Å². The summed E-state index contributed by atoms with van der Waals surface area (Å²) in [7, 11) is 0. The molecule has 1 atom stereocenters. The maximum absolute atomic E-state index is 12.8. The highest BCUT2D eigenvalue weighted by atomic mass is 16.4. The molecule has 0 aromatic heterocycles. The summed E-state index contributed by atoms with van der Waals surface area (Å²) in [5.74, 6) is -1.10. The quantitative estimate of drug-likeness (QED) is 0.875. The third-order valence-corrected chi connectivity index (χ3v) is 4.75. The molecule has 1 saturated heterocycles. The van der Waals surface area contributed by atoms with Crippen molar-refractivity contribution in [2.24, 2.45) is 11.3 Å². The first-order valence-electron chi connectivity index (χ1n) is 8.46. The first kappa shape index (κ1) is 17.5. The van der Waals surface area contributed by atoms with Gasteiger partial charge in [-0.3, -0.25) is 9.59 Å². The predicted octanol–water partition coefficient (Wildman–Crippen LogP) is 3.36. The van der Waals surface area contributed by atoms with Gasteiger partial charge in [-0.25, -0.2) is 0 Å². The van der Waals surface area contributed by atoms with Crippen molar-refractivity contribution in [1.82, 2.24) is 4.90 Å². The molecule has 0 radical (unpaired) electrons. The maximum atomic E-state index is 12.8. The molecule has 23 heavy (non-hydrogen) atoms. The minimum atomic E-state index is -0.788. The van der Waals surface area contributed by atoms with Crippen LogP contribution in [0.1, 0.15) is 45.1 Å². The molecule has 4 heteroatoms. The van der Waals surface area contributed by atoms with Crippen LogP contribution < -0.4 is 0 Å². The maximum Gasteiger partial charge on any atom is 0.308 e. The molecule has 0 saturated carbocycles. The van der Waals surface area contributed by atoms with E-state index in [1.54, 1.807) is 4.90 Å². The average Bonchev–Trinajstić information content (AvgIpc) is 2.55. The Hall–Kier alpha value is -1.84. The fourth-order valence-electron chi connectivity index (χ4n) is 3.28. The van der Waals surface area contributed by atoms with Crippen molar-refractivity contribution >= 4 is 11.9 Å². The van der Waals surface area contributed by atoms with Gasteiger partial charge >= 0.3 is 5.97 Å². The van der Waals surface area contributed by atoms with E-state index in [0.717, 1.165) is 25.7 Å². The Kier molecular flexibility index (Phi) is 5.80. The second-order valence-corrected chi connectivity index (χ2v) is 7.15. The van der Waals surface area contributed by atoms with Crippen LogP contribution in [0.15, 0.2) is 30.3 Å². The molecule has 1 amide bonds. The number of aryl methyl sites for hydroxylation is 1. The summed E-state index contributed by atoms with van der Waals surface area (Å²) in [6.45, 7) is 5.00. The number of amides is 1. The van der Waals surface area contributed by atoms with E-state index in [-0.39, 0.29) is 5.91 Å². The van der Waals surface area contributed by atoms with Crippen LogP contribution in [0, 0.1) is 11.3 Å². The minimum Gasteiger partial charge on any atom is -0.481 e. The summed E-state index contributed by atoms with van der Waals surface area (Å²) in [6.07, 6.45) is 4.19. The molecular formula is C19H27NO3. The number of hydrogen-bond acceptors (Lipinski definition) is 2. The monoisotopic (exact) mass is 317 g/mol. The SMILES string of the molecule is CC(C)(CCCc1ccccc1)C(=O)N1CCC[C@H](C(=O)O)C1. The zero-order chi connectivity index (χ0) is 16.9. The molecule has 0 unspecified atom stereocenters. The fourth-order valence-corrected chi connectivity index (χ4v) is 3.28. The van der Waals surface area contributed by atoms with Crippen LogP contribution in [0.3, 0.4) is 0 Å². The van der Waals surface area contributed by atoms with Gasteiger partial charge in [0.05, 0.1) is 5.92 Å². The summed E-state index contributed by atoms with van der Waals surface area (Å²) in [4.78, 5) is 25.7. The first-order valence-corrected chi connectivity index (χ1v) is 8.46. The minimum absolute atomic E-state index is 0.0940. The number of rotatable bonds is 6. The van der Waals surface area contributed by atoms with Gasteiger partial charge in [0.25, 0.3) is 0 Å². The molecule has 1 heterocycles. The molecule has 1 aliphatic rings. The van der Waals surface area contributed by atoms with Crippen molar-refractivity contribution in [2.75, 3.05) is 13.1 Å². The molecule has 1 aliphatic heterocycles. The van der Waals surface area contributed by atoms with Crippen molar-refractivity contribution in [3.8, 4) is 0 Å². The number of nitrogens with zero attached hydrogens (tertiary/aromatic N) is 1. The molecule has 0 bridgehead atoms. The second kappa shape index (κ2) is 7.62. The molecule has 1 aromatic rings. The Bertz CT molecular complexity index is 539. The van der Waals surface area contributed by atoms with Crippen LogP contribution in [-0.2, 0) is 16.0 Å². The van der Waals surface area contributed by atoms with Crippen molar-refractivity contribution in [1.29, 1.82) is 0 Å². The zero-order valence-corrected chi connectivity index (χ0v) is 14.1. The van der Waals surface area contributed by atoms with E-state index in [1.165, 1.54) is 5.56 Å². The summed E-state index contributed by atoms with van der Waals surface area (Å²) in [6, 6.07) is 10.3. The standard InChI is InChI=1S/C19H27NO3/c1-19(2,12-6-10-15-8-4-3-5-9-15)18(23)20-13-7-11-16(14-20)17(21)22/h3-5,8-9,16H,6-7,10-14H2,1-2H3,(H,21,22)/t16-/m0/s1. The zero-order valence-electron chi connectivity index (χ0n) is 14.1. The molecule has 1 fully saturated rings. The fraction of sp³-hybridized carbons (Fsp3) is 0.579. The molecule has 1 N–H and O–H groups in total. The molecule has 1 aromatic carbocycles. The van der Waals surface area contributed by atoms with Crippen LogP contribution in [0.5, 0.6) is 0 Å². The van der Waals surface area contributed by atoms with Crippen molar-refractivity contribution in [3.63, 3.8) is 0 Å². The van der Waals surface area contributed by atoms with E-state index < -0.39 is 17.3 Å². The number of carbonyl (C=O) groups excluding carboxylic acids is 1.